The van der Waals surface area contributed by atoms with Gasteiger partial charge >= 0.3 is 6.09 Å². The van der Waals surface area contributed by atoms with Gasteiger partial charge in [0.1, 0.15) is 5.69 Å². The van der Waals surface area contributed by atoms with Gasteiger partial charge in [0.25, 0.3) is 0 Å². The van der Waals surface area contributed by atoms with E-state index in [0.717, 1.165) is 21.7 Å². The SMILES string of the molecule is CN(Cc1cc(S(=O)(=O)c2ccccc2)n(-c2cccc(F)c2F)n1)C(=O)O. The van der Waals surface area contributed by atoms with E-state index in [1.165, 1.54) is 43.4 Å². The number of nitrogens with zero attached hydrogens (tertiary/aromatic N) is 3. The zero-order valence-corrected chi connectivity index (χ0v) is 15.4. The number of hydrogen-bond donors (Lipinski definition) is 1. The summed E-state index contributed by atoms with van der Waals surface area (Å²) < 4.78 is 54.9. The highest BCUT2D eigenvalue weighted by molar-refractivity contribution is 7.91. The molecular weight excluding hydrogens is 392 g/mol. The number of aromatic nitrogens is 2. The number of sulfone groups is 1. The van der Waals surface area contributed by atoms with Crippen molar-refractivity contribution in [2.24, 2.45) is 0 Å². The summed E-state index contributed by atoms with van der Waals surface area (Å²) in [5, 5.41) is 12.6. The van der Waals surface area contributed by atoms with Crippen molar-refractivity contribution in [1.29, 1.82) is 0 Å². The van der Waals surface area contributed by atoms with Gasteiger partial charge < -0.3 is 10.0 Å². The van der Waals surface area contributed by atoms with Crippen molar-refractivity contribution in [3.8, 4) is 5.69 Å². The van der Waals surface area contributed by atoms with Crippen LogP contribution in [0.15, 0.2) is 64.5 Å². The van der Waals surface area contributed by atoms with Crippen LogP contribution in [0.2, 0.25) is 0 Å². The predicted molar refractivity (Wildman–Crippen MR) is 94.9 cm³/mol. The largest absolute Gasteiger partial charge is 0.465 e. The molecule has 10 heteroatoms. The Morgan fingerprint density at radius 1 is 1.14 bits per heavy atom. The summed E-state index contributed by atoms with van der Waals surface area (Å²) in [5.41, 5.74) is -0.346. The van der Waals surface area contributed by atoms with Crippen LogP contribution in [0.5, 0.6) is 0 Å². The summed E-state index contributed by atoms with van der Waals surface area (Å²) >= 11 is 0. The highest BCUT2D eigenvalue weighted by atomic mass is 32.2. The van der Waals surface area contributed by atoms with Crippen LogP contribution < -0.4 is 0 Å². The average molecular weight is 407 g/mol. The molecule has 0 aliphatic rings. The highest BCUT2D eigenvalue weighted by Crippen LogP contribution is 2.26. The second kappa shape index (κ2) is 7.39. The number of carbonyl (C=O) groups is 1. The fourth-order valence-corrected chi connectivity index (χ4v) is 3.95. The molecule has 0 aliphatic carbocycles. The molecule has 0 fully saturated rings. The average Bonchev–Trinajstić information content (AvgIpc) is 3.09. The number of benzene rings is 2. The molecule has 0 unspecified atom stereocenters. The van der Waals surface area contributed by atoms with Crippen LogP contribution in [0.4, 0.5) is 13.6 Å². The summed E-state index contributed by atoms with van der Waals surface area (Å²) in [4.78, 5) is 11.9. The topological polar surface area (TPSA) is 92.5 Å². The Labute approximate surface area is 159 Å². The molecule has 7 nitrogen and oxygen atoms in total. The van der Waals surface area contributed by atoms with E-state index in [2.05, 4.69) is 5.10 Å². The van der Waals surface area contributed by atoms with Crippen molar-refractivity contribution in [3.05, 3.63) is 71.9 Å². The van der Waals surface area contributed by atoms with Gasteiger partial charge in [-0.2, -0.15) is 5.10 Å². The Kier molecular flexibility index (Phi) is 5.14. The minimum absolute atomic E-state index is 0.0584. The molecule has 0 saturated carbocycles. The third-order valence-electron chi connectivity index (χ3n) is 3.94. The molecule has 28 heavy (non-hydrogen) atoms. The molecule has 3 rings (SSSR count). The number of halogens is 2. The molecule has 0 bridgehead atoms. The molecule has 146 valence electrons. The van der Waals surface area contributed by atoms with E-state index in [-0.39, 0.29) is 17.1 Å². The van der Waals surface area contributed by atoms with Crippen molar-refractivity contribution >= 4 is 15.9 Å². The van der Waals surface area contributed by atoms with Crippen molar-refractivity contribution < 1.29 is 27.1 Å². The van der Waals surface area contributed by atoms with E-state index >= 15 is 0 Å². The van der Waals surface area contributed by atoms with Crippen LogP contribution in [0.3, 0.4) is 0 Å². The van der Waals surface area contributed by atoms with Crippen LogP contribution in [0.1, 0.15) is 5.69 Å². The summed E-state index contributed by atoms with van der Waals surface area (Å²) in [6.45, 7) is -0.240. The molecule has 2 aromatic carbocycles. The van der Waals surface area contributed by atoms with Gasteiger partial charge in [0.05, 0.1) is 17.1 Å². The van der Waals surface area contributed by atoms with Crippen LogP contribution in [0.25, 0.3) is 5.69 Å². The lowest BCUT2D eigenvalue weighted by Gasteiger charge is -2.10. The fraction of sp³-hybridized carbons (Fsp3) is 0.111. The zero-order chi connectivity index (χ0) is 20.5. The number of hydrogen-bond acceptors (Lipinski definition) is 4. The van der Waals surface area contributed by atoms with Crippen LogP contribution >= 0.6 is 0 Å². The molecule has 1 heterocycles. The molecule has 0 aliphatic heterocycles. The number of carboxylic acid groups (broad SMARTS) is 1. The van der Waals surface area contributed by atoms with Crippen molar-refractivity contribution in [2.45, 2.75) is 16.5 Å². The third kappa shape index (κ3) is 3.58. The minimum Gasteiger partial charge on any atom is -0.465 e. The van der Waals surface area contributed by atoms with Gasteiger partial charge in [-0.15, -0.1) is 0 Å². The first-order chi connectivity index (χ1) is 13.2. The van der Waals surface area contributed by atoms with E-state index in [1.54, 1.807) is 6.07 Å². The van der Waals surface area contributed by atoms with E-state index in [4.69, 9.17) is 5.11 Å². The monoisotopic (exact) mass is 407 g/mol. The van der Waals surface area contributed by atoms with Crippen molar-refractivity contribution in [2.75, 3.05) is 7.05 Å². The second-order valence-corrected chi connectivity index (χ2v) is 7.81. The van der Waals surface area contributed by atoms with Crippen molar-refractivity contribution in [3.63, 3.8) is 0 Å². The maximum Gasteiger partial charge on any atom is 0.407 e. The van der Waals surface area contributed by atoms with Gasteiger partial charge in [0.15, 0.2) is 16.7 Å². The molecule has 0 saturated heterocycles. The molecular formula is C18H15F2N3O4S. The zero-order valence-electron chi connectivity index (χ0n) is 14.6. The predicted octanol–water partition coefficient (Wildman–Crippen LogP) is 3.09. The third-order valence-corrected chi connectivity index (χ3v) is 5.68. The van der Waals surface area contributed by atoms with Gasteiger partial charge in [-0.1, -0.05) is 24.3 Å². The van der Waals surface area contributed by atoms with Gasteiger partial charge in [0, 0.05) is 13.1 Å². The van der Waals surface area contributed by atoms with Gasteiger partial charge in [-0.25, -0.2) is 26.7 Å². The maximum absolute atomic E-state index is 14.3. The standard InChI is InChI=1S/C18H15F2N3O4S/c1-22(18(24)25)11-12-10-16(28(26,27)13-6-3-2-4-7-13)23(21-12)15-9-5-8-14(19)17(15)20/h2-10H,11H2,1H3,(H,24,25). The second-order valence-electron chi connectivity index (χ2n) is 5.91. The lowest BCUT2D eigenvalue weighted by atomic mass is 10.3. The molecule has 1 amide bonds. The maximum atomic E-state index is 14.3. The van der Waals surface area contributed by atoms with Gasteiger partial charge in [0.2, 0.25) is 9.84 Å². The Balaban J connectivity index is 2.21. The first kappa shape index (κ1) is 19.5. The first-order valence-corrected chi connectivity index (χ1v) is 9.47. The van der Waals surface area contributed by atoms with E-state index < -0.39 is 38.3 Å². The molecule has 3 aromatic rings. The Morgan fingerprint density at radius 3 is 2.46 bits per heavy atom. The Bertz CT molecular complexity index is 1130. The summed E-state index contributed by atoms with van der Waals surface area (Å²) in [6.07, 6.45) is -1.25. The number of rotatable bonds is 5. The lowest BCUT2D eigenvalue weighted by Crippen LogP contribution is -2.24. The fourth-order valence-electron chi connectivity index (χ4n) is 2.54. The first-order valence-electron chi connectivity index (χ1n) is 7.99. The van der Waals surface area contributed by atoms with Gasteiger partial charge in [-0.3, -0.25) is 0 Å². The van der Waals surface area contributed by atoms with Crippen LogP contribution in [-0.4, -0.2) is 41.3 Å². The summed E-state index contributed by atoms with van der Waals surface area (Å²) in [6, 6.07) is 11.8. The number of amides is 1. The van der Waals surface area contributed by atoms with Crippen LogP contribution in [0, 0.1) is 11.6 Å². The molecule has 0 atom stereocenters. The Hall–Kier alpha value is -3.27. The lowest BCUT2D eigenvalue weighted by molar-refractivity contribution is 0.153. The highest BCUT2D eigenvalue weighted by Gasteiger charge is 2.27. The van der Waals surface area contributed by atoms with Crippen LogP contribution in [-0.2, 0) is 16.4 Å². The molecule has 1 aromatic heterocycles. The van der Waals surface area contributed by atoms with Crippen molar-refractivity contribution in [1.82, 2.24) is 14.7 Å². The van der Waals surface area contributed by atoms with E-state index in [9.17, 15) is 22.0 Å². The van der Waals surface area contributed by atoms with E-state index in [1.807, 2.05) is 0 Å². The summed E-state index contributed by atoms with van der Waals surface area (Å²) in [5.74, 6) is -2.44. The molecule has 1 N–H and O–H groups in total. The quantitative estimate of drug-likeness (QED) is 0.702. The molecule has 0 spiro atoms. The molecule has 0 radical (unpaired) electrons. The minimum atomic E-state index is -4.14. The summed E-state index contributed by atoms with van der Waals surface area (Å²) in [7, 11) is -2.86. The van der Waals surface area contributed by atoms with E-state index in [0.29, 0.717) is 0 Å². The smallest absolute Gasteiger partial charge is 0.407 e. The van der Waals surface area contributed by atoms with Gasteiger partial charge in [-0.05, 0) is 24.3 Å². The Morgan fingerprint density at radius 2 is 1.82 bits per heavy atom. The normalized spacial score (nSPS) is 11.4.